The lowest BCUT2D eigenvalue weighted by molar-refractivity contribution is -0.127. The van der Waals surface area contributed by atoms with Crippen LogP contribution in [0.1, 0.15) is 12.5 Å². The Balaban J connectivity index is 1.64. The zero-order chi connectivity index (χ0) is 18.6. The highest BCUT2D eigenvalue weighted by atomic mass is 32.2. The molecule has 0 radical (unpaired) electrons. The molecule has 7 heteroatoms. The number of benzene rings is 1. The maximum absolute atomic E-state index is 12.6. The van der Waals surface area contributed by atoms with Gasteiger partial charge in [-0.3, -0.25) is 9.78 Å². The van der Waals surface area contributed by atoms with Gasteiger partial charge in [0.05, 0.1) is 0 Å². The van der Waals surface area contributed by atoms with Gasteiger partial charge in [-0.05, 0) is 30.2 Å². The normalized spacial score (nSPS) is 16.5. The lowest BCUT2D eigenvalue weighted by atomic mass is 10.1. The van der Waals surface area contributed by atoms with E-state index >= 15 is 0 Å². The second-order valence-corrected chi connectivity index (χ2v) is 8.05. The lowest BCUT2D eigenvalue weighted by Gasteiger charge is -2.33. The van der Waals surface area contributed by atoms with Crippen molar-refractivity contribution in [1.29, 1.82) is 0 Å². The molecule has 3 rings (SSSR count). The molecule has 0 unspecified atom stereocenters. The largest absolute Gasteiger partial charge is 0.337 e. The number of hydrogen-bond donors (Lipinski definition) is 0. The summed E-state index contributed by atoms with van der Waals surface area (Å²) >= 11 is 0. The fourth-order valence-corrected chi connectivity index (χ4v) is 4.25. The standard InChI is InChI=1S/C19H21N3O3S/c1-16(17-6-3-2-4-7-17)14-19(23)21-10-12-22(13-11-21)26(24,25)18-8-5-9-20-15-18/h2-9,14-15H,10-13H2,1H3/b16-14+. The van der Waals surface area contributed by atoms with Crippen LogP contribution in [0.15, 0.2) is 65.8 Å². The van der Waals surface area contributed by atoms with E-state index in [2.05, 4.69) is 4.98 Å². The maximum atomic E-state index is 12.6. The Labute approximate surface area is 153 Å². The van der Waals surface area contributed by atoms with Gasteiger partial charge < -0.3 is 4.90 Å². The molecule has 136 valence electrons. The van der Waals surface area contributed by atoms with Gasteiger partial charge in [0, 0.05) is 44.6 Å². The third kappa shape index (κ3) is 4.00. The molecule has 0 aliphatic carbocycles. The van der Waals surface area contributed by atoms with Crippen molar-refractivity contribution in [2.75, 3.05) is 26.2 Å². The minimum atomic E-state index is -3.56. The molecular weight excluding hydrogens is 350 g/mol. The summed E-state index contributed by atoms with van der Waals surface area (Å²) in [4.78, 5) is 18.2. The Morgan fingerprint density at radius 3 is 2.35 bits per heavy atom. The minimum Gasteiger partial charge on any atom is -0.337 e. The number of piperazine rings is 1. The molecule has 0 saturated carbocycles. The predicted octanol–water partition coefficient (Wildman–Crippen LogP) is 2.02. The highest BCUT2D eigenvalue weighted by Crippen LogP contribution is 2.18. The van der Waals surface area contributed by atoms with E-state index in [-0.39, 0.29) is 23.9 Å². The van der Waals surface area contributed by atoms with Crippen LogP contribution in [0.5, 0.6) is 0 Å². The van der Waals surface area contributed by atoms with Gasteiger partial charge >= 0.3 is 0 Å². The van der Waals surface area contributed by atoms with Crippen molar-refractivity contribution in [3.8, 4) is 0 Å². The van der Waals surface area contributed by atoms with Crippen LogP contribution >= 0.6 is 0 Å². The van der Waals surface area contributed by atoms with Crippen LogP contribution < -0.4 is 0 Å². The quantitative estimate of drug-likeness (QED) is 0.771. The third-order valence-electron chi connectivity index (χ3n) is 4.39. The first kappa shape index (κ1) is 18.3. The number of pyridine rings is 1. The number of aromatic nitrogens is 1. The number of nitrogens with zero attached hydrogens (tertiary/aromatic N) is 3. The molecule has 1 aliphatic rings. The van der Waals surface area contributed by atoms with Crippen molar-refractivity contribution in [3.05, 3.63) is 66.5 Å². The summed E-state index contributed by atoms with van der Waals surface area (Å²) in [6.07, 6.45) is 4.50. The van der Waals surface area contributed by atoms with Gasteiger partial charge in [-0.1, -0.05) is 30.3 Å². The van der Waals surface area contributed by atoms with E-state index in [4.69, 9.17) is 0 Å². The highest BCUT2D eigenvalue weighted by Gasteiger charge is 2.29. The van der Waals surface area contributed by atoms with Gasteiger partial charge in [0.1, 0.15) is 4.90 Å². The average Bonchev–Trinajstić information content (AvgIpc) is 2.69. The zero-order valence-corrected chi connectivity index (χ0v) is 15.4. The highest BCUT2D eigenvalue weighted by molar-refractivity contribution is 7.89. The molecule has 1 fully saturated rings. The number of carbonyl (C=O) groups is 1. The van der Waals surface area contributed by atoms with Crippen molar-refractivity contribution in [1.82, 2.24) is 14.2 Å². The van der Waals surface area contributed by atoms with Gasteiger partial charge in [0.2, 0.25) is 15.9 Å². The Morgan fingerprint density at radius 2 is 1.73 bits per heavy atom. The van der Waals surface area contributed by atoms with E-state index in [1.165, 1.54) is 22.8 Å². The van der Waals surface area contributed by atoms with Gasteiger partial charge in [0.15, 0.2) is 0 Å². The van der Waals surface area contributed by atoms with Crippen LogP contribution in [-0.2, 0) is 14.8 Å². The molecule has 6 nitrogen and oxygen atoms in total. The van der Waals surface area contributed by atoms with Crippen molar-refractivity contribution < 1.29 is 13.2 Å². The van der Waals surface area contributed by atoms with E-state index < -0.39 is 10.0 Å². The molecule has 0 spiro atoms. The molecule has 0 bridgehead atoms. The van der Waals surface area contributed by atoms with Gasteiger partial charge in [-0.25, -0.2) is 8.42 Å². The van der Waals surface area contributed by atoms with Crippen LogP contribution in [0.2, 0.25) is 0 Å². The second-order valence-electron chi connectivity index (χ2n) is 6.11. The van der Waals surface area contributed by atoms with E-state index in [1.807, 2.05) is 37.3 Å². The summed E-state index contributed by atoms with van der Waals surface area (Å²) < 4.78 is 26.6. The summed E-state index contributed by atoms with van der Waals surface area (Å²) in [6.45, 7) is 3.20. The second kappa shape index (κ2) is 7.80. The first-order chi connectivity index (χ1) is 12.5. The van der Waals surface area contributed by atoms with E-state index in [1.54, 1.807) is 17.0 Å². The fraction of sp³-hybridized carbons (Fsp3) is 0.263. The molecule has 0 N–H and O–H groups in total. The van der Waals surface area contributed by atoms with Crippen molar-refractivity contribution in [2.24, 2.45) is 0 Å². The Kier molecular flexibility index (Phi) is 5.49. The molecule has 2 heterocycles. The van der Waals surface area contributed by atoms with Crippen LogP contribution in [0.3, 0.4) is 0 Å². The van der Waals surface area contributed by atoms with E-state index in [9.17, 15) is 13.2 Å². The Bertz CT molecular complexity index is 888. The maximum Gasteiger partial charge on any atom is 0.246 e. The SMILES string of the molecule is C/C(=C\C(=O)N1CCN(S(=O)(=O)c2cccnc2)CC1)c1ccccc1. The topological polar surface area (TPSA) is 70.6 Å². The van der Waals surface area contributed by atoms with Gasteiger partial charge in [0.25, 0.3) is 0 Å². The molecular formula is C19H21N3O3S. The monoisotopic (exact) mass is 371 g/mol. The number of sulfonamides is 1. The minimum absolute atomic E-state index is 0.0928. The molecule has 0 atom stereocenters. The van der Waals surface area contributed by atoms with Gasteiger partial charge in [-0.2, -0.15) is 4.31 Å². The Hall–Kier alpha value is -2.51. The smallest absolute Gasteiger partial charge is 0.246 e. The van der Waals surface area contributed by atoms with Crippen LogP contribution in [0.4, 0.5) is 0 Å². The summed E-state index contributed by atoms with van der Waals surface area (Å²) in [7, 11) is -3.56. The molecule has 1 aromatic carbocycles. The fourth-order valence-electron chi connectivity index (χ4n) is 2.86. The summed E-state index contributed by atoms with van der Waals surface area (Å²) in [5, 5.41) is 0. The Morgan fingerprint density at radius 1 is 1.04 bits per heavy atom. The molecule has 1 aromatic heterocycles. The number of allylic oxidation sites excluding steroid dienone is 1. The van der Waals surface area contributed by atoms with E-state index in [0.717, 1.165) is 11.1 Å². The van der Waals surface area contributed by atoms with Crippen LogP contribution in [0, 0.1) is 0 Å². The average molecular weight is 371 g/mol. The predicted molar refractivity (Wildman–Crippen MR) is 99.7 cm³/mol. The van der Waals surface area contributed by atoms with Crippen LogP contribution in [-0.4, -0.2) is 54.7 Å². The number of hydrogen-bond acceptors (Lipinski definition) is 4. The third-order valence-corrected chi connectivity index (χ3v) is 6.27. The molecule has 1 amide bonds. The lowest BCUT2D eigenvalue weighted by Crippen LogP contribution is -2.50. The summed E-state index contributed by atoms with van der Waals surface area (Å²) in [5.74, 6) is -0.0928. The molecule has 26 heavy (non-hydrogen) atoms. The molecule has 2 aromatic rings. The first-order valence-electron chi connectivity index (χ1n) is 8.41. The first-order valence-corrected chi connectivity index (χ1v) is 9.85. The number of rotatable bonds is 4. The van der Waals surface area contributed by atoms with E-state index in [0.29, 0.717) is 13.1 Å². The van der Waals surface area contributed by atoms with Crippen molar-refractivity contribution in [2.45, 2.75) is 11.8 Å². The van der Waals surface area contributed by atoms with Crippen molar-refractivity contribution in [3.63, 3.8) is 0 Å². The summed E-state index contributed by atoms with van der Waals surface area (Å²) in [6, 6.07) is 12.8. The number of amides is 1. The molecule has 1 saturated heterocycles. The summed E-state index contributed by atoms with van der Waals surface area (Å²) in [5.41, 5.74) is 1.89. The van der Waals surface area contributed by atoms with Gasteiger partial charge in [-0.15, -0.1) is 0 Å². The molecule has 1 aliphatic heterocycles. The zero-order valence-electron chi connectivity index (χ0n) is 14.6. The van der Waals surface area contributed by atoms with Crippen molar-refractivity contribution >= 4 is 21.5 Å². The van der Waals surface area contributed by atoms with Crippen LogP contribution in [0.25, 0.3) is 5.57 Å². The number of carbonyl (C=O) groups excluding carboxylic acids is 1.